The smallest absolute Gasteiger partial charge is 0.124 e. The van der Waals surface area contributed by atoms with E-state index in [1.165, 1.54) is 66.8 Å². The third kappa shape index (κ3) is 5.98. The van der Waals surface area contributed by atoms with E-state index in [1.807, 2.05) is 6.07 Å². The second kappa shape index (κ2) is 11.2. The highest BCUT2D eigenvalue weighted by molar-refractivity contribution is 5.87. The molecule has 3 aromatic carbocycles. The van der Waals surface area contributed by atoms with Gasteiger partial charge in [-0.25, -0.2) is 0 Å². The van der Waals surface area contributed by atoms with E-state index in [1.54, 1.807) is 0 Å². The van der Waals surface area contributed by atoms with Crippen molar-refractivity contribution in [3.63, 3.8) is 0 Å². The molecule has 3 aromatic rings. The lowest BCUT2D eigenvalue weighted by Crippen LogP contribution is -2.29. The maximum Gasteiger partial charge on any atom is 0.124 e. The Bertz CT molecular complexity index is 872. The van der Waals surface area contributed by atoms with Crippen molar-refractivity contribution in [2.75, 3.05) is 0 Å². The zero-order chi connectivity index (χ0) is 19.0. The van der Waals surface area contributed by atoms with Crippen LogP contribution in [0.3, 0.4) is 0 Å². The monoisotopic (exact) mass is 409 g/mol. The summed E-state index contributed by atoms with van der Waals surface area (Å²) < 4.78 is 6.28. The summed E-state index contributed by atoms with van der Waals surface area (Å²) in [6.45, 7) is 1.48. The molecule has 0 amide bonds. The van der Waals surface area contributed by atoms with Gasteiger partial charge < -0.3 is 10.1 Å². The van der Waals surface area contributed by atoms with Crippen molar-refractivity contribution in [2.45, 2.75) is 64.1 Å². The molecule has 1 saturated carbocycles. The van der Waals surface area contributed by atoms with E-state index < -0.39 is 0 Å². The topological polar surface area (TPSA) is 21.3 Å². The number of hydrogen-bond acceptors (Lipinski definition) is 2. The van der Waals surface area contributed by atoms with Gasteiger partial charge in [0.15, 0.2) is 0 Å². The minimum atomic E-state index is 0. The van der Waals surface area contributed by atoms with Gasteiger partial charge in [0.05, 0.1) is 0 Å². The molecule has 1 aliphatic carbocycles. The number of fused-ring (bicyclic) bond motifs is 1. The Kier molecular flexibility index (Phi) is 8.39. The van der Waals surface area contributed by atoms with Gasteiger partial charge in [-0.15, -0.1) is 12.4 Å². The van der Waals surface area contributed by atoms with Crippen LogP contribution in [0.5, 0.6) is 5.75 Å². The third-order valence-corrected chi connectivity index (χ3v) is 5.91. The Morgan fingerprint density at radius 2 is 1.45 bits per heavy atom. The number of nitrogens with one attached hydrogen (secondary N) is 1. The number of benzene rings is 3. The van der Waals surface area contributed by atoms with Gasteiger partial charge in [0.25, 0.3) is 0 Å². The Labute approximate surface area is 181 Å². The highest BCUT2D eigenvalue weighted by Gasteiger charge is 2.14. The molecule has 1 N–H and O–H groups in total. The van der Waals surface area contributed by atoms with Crippen molar-refractivity contribution < 1.29 is 4.74 Å². The average Bonchev–Trinajstić information content (AvgIpc) is 2.72. The van der Waals surface area contributed by atoms with Crippen LogP contribution in [-0.2, 0) is 13.2 Å². The van der Waals surface area contributed by atoms with E-state index in [-0.39, 0.29) is 12.4 Å². The van der Waals surface area contributed by atoms with Crippen molar-refractivity contribution in [3.05, 3.63) is 77.9 Å². The molecular formula is C26H32ClNO. The van der Waals surface area contributed by atoms with E-state index in [4.69, 9.17) is 4.74 Å². The molecule has 2 nitrogen and oxygen atoms in total. The summed E-state index contributed by atoms with van der Waals surface area (Å²) in [6.07, 6.45) is 9.48. The van der Waals surface area contributed by atoms with E-state index in [0.29, 0.717) is 12.6 Å². The summed E-state index contributed by atoms with van der Waals surface area (Å²) >= 11 is 0. The minimum absolute atomic E-state index is 0. The average molecular weight is 410 g/mol. The van der Waals surface area contributed by atoms with Crippen LogP contribution >= 0.6 is 12.4 Å². The Morgan fingerprint density at radius 1 is 0.759 bits per heavy atom. The first-order valence-corrected chi connectivity index (χ1v) is 10.8. The molecule has 1 aliphatic rings. The first-order chi connectivity index (χ1) is 13.9. The number of ether oxygens (including phenoxy) is 1. The maximum atomic E-state index is 6.28. The van der Waals surface area contributed by atoms with E-state index in [9.17, 15) is 0 Å². The van der Waals surface area contributed by atoms with Crippen molar-refractivity contribution in [3.8, 4) is 5.75 Å². The quantitative estimate of drug-likeness (QED) is 0.471. The molecule has 0 aliphatic heterocycles. The molecule has 0 bridgehead atoms. The van der Waals surface area contributed by atoms with Crippen molar-refractivity contribution in [2.24, 2.45) is 0 Å². The summed E-state index contributed by atoms with van der Waals surface area (Å²) in [5, 5.41) is 6.44. The van der Waals surface area contributed by atoms with Crippen LogP contribution < -0.4 is 10.1 Å². The summed E-state index contributed by atoms with van der Waals surface area (Å²) in [7, 11) is 0. The molecule has 0 radical (unpaired) electrons. The predicted octanol–water partition coefficient (Wildman–Crippen LogP) is 7.04. The lowest BCUT2D eigenvalue weighted by molar-refractivity contribution is 0.301. The minimum Gasteiger partial charge on any atom is -0.489 e. The SMILES string of the molecule is Cl.c1ccc(COc2ccc3ccccc3c2CNC2CCCCCCC2)cc1. The molecule has 154 valence electrons. The molecule has 0 aromatic heterocycles. The fraction of sp³-hybridized carbons (Fsp3) is 0.385. The summed E-state index contributed by atoms with van der Waals surface area (Å²) in [4.78, 5) is 0. The van der Waals surface area contributed by atoms with Gasteiger partial charge in [0, 0.05) is 18.2 Å². The fourth-order valence-electron chi connectivity index (χ4n) is 4.28. The van der Waals surface area contributed by atoms with Gasteiger partial charge in [-0.1, -0.05) is 92.8 Å². The lowest BCUT2D eigenvalue weighted by atomic mass is 9.96. The van der Waals surface area contributed by atoms with Crippen LogP contribution in [0.25, 0.3) is 10.8 Å². The van der Waals surface area contributed by atoms with Crippen molar-refractivity contribution in [1.29, 1.82) is 0 Å². The Hall–Kier alpha value is -2.03. The molecule has 1 fully saturated rings. The standard InChI is InChI=1S/C26H31NO.ClH/c1-2-7-14-23(15-8-3-1)27-19-25-24-16-10-9-13-22(24)17-18-26(25)28-20-21-11-5-4-6-12-21;/h4-6,9-13,16-18,23,27H,1-3,7-8,14-15,19-20H2;1H. The van der Waals surface area contributed by atoms with Crippen LogP contribution in [0.15, 0.2) is 66.7 Å². The van der Waals surface area contributed by atoms with Gasteiger partial charge in [-0.3, -0.25) is 0 Å². The first-order valence-electron chi connectivity index (χ1n) is 10.8. The molecule has 0 heterocycles. The largest absolute Gasteiger partial charge is 0.489 e. The van der Waals surface area contributed by atoms with Gasteiger partial charge >= 0.3 is 0 Å². The zero-order valence-corrected chi connectivity index (χ0v) is 17.9. The summed E-state index contributed by atoms with van der Waals surface area (Å²) in [5.41, 5.74) is 2.49. The molecule has 0 atom stereocenters. The van der Waals surface area contributed by atoms with E-state index in [0.717, 1.165) is 12.3 Å². The maximum absolute atomic E-state index is 6.28. The van der Waals surface area contributed by atoms with Gasteiger partial charge in [-0.05, 0) is 35.2 Å². The van der Waals surface area contributed by atoms with E-state index in [2.05, 4.69) is 66.0 Å². The van der Waals surface area contributed by atoms with Crippen LogP contribution in [-0.4, -0.2) is 6.04 Å². The number of hydrogen-bond donors (Lipinski definition) is 1. The van der Waals surface area contributed by atoms with Crippen LogP contribution in [0.1, 0.15) is 56.1 Å². The van der Waals surface area contributed by atoms with Crippen LogP contribution in [0.4, 0.5) is 0 Å². The van der Waals surface area contributed by atoms with Crippen molar-refractivity contribution in [1.82, 2.24) is 5.32 Å². The highest BCUT2D eigenvalue weighted by atomic mass is 35.5. The van der Waals surface area contributed by atoms with E-state index >= 15 is 0 Å². The molecule has 29 heavy (non-hydrogen) atoms. The molecule has 0 unspecified atom stereocenters. The molecule has 0 saturated heterocycles. The van der Waals surface area contributed by atoms with Gasteiger partial charge in [0.1, 0.15) is 12.4 Å². The molecular weight excluding hydrogens is 378 g/mol. The Balaban J connectivity index is 0.00000240. The molecule has 0 spiro atoms. The second-order valence-electron chi connectivity index (χ2n) is 7.96. The third-order valence-electron chi connectivity index (χ3n) is 5.91. The first kappa shape index (κ1) is 21.7. The fourth-order valence-corrected chi connectivity index (χ4v) is 4.28. The lowest BCUT2D eigenvalue weighted by Gasteiger charge is -2.22. The van der Waals surface area contributed by atoms with Crippen LogP contribution in [0.2, 0.25) is 0 Å². The number of halogens is 1. The summed E-state index contributed by atoms with van der Waals surface area (Å²) in [5.74, 6) is 1.00. The normalized spacial score (nSPS) is 15.3. The van der Waals surface area contributed by atoms with Gasteiger partial charge in [-0.2, -0.15) is 0 Å². The second-order valence-corrected chi connectivity index (χ2v) is 7.96. The highest BCUT2D eigenvalue weighted by Crippen LogP contribution is 2.29. The molecule has 3 heteroatoms. The van der Waals surface area contributed by atoms with Crippen molar-refractivity contribution >= 4 is 23.2 Å². The van der Waals surface area contributed by atoms with Gasteiger partial charge in [0.2, 0.25) is 0 Å². The molecule has 4 rings (SSSR count). The Morgan fingerprint density at radius 3 is 2.24 bits per heavy atom. The number of rotatable bonds is 6. The zero-order valence-electron chi connectivity index (χ0n) is 17.1. The predicted molar refractivity (Wildman–Crippen MR) is 125 cm³/mol. The summed E-state index contributed by atoms with van der Waals surface area (Å²) in [6, 6.07) is 24.0. The van der Waals surface area contributed by atoms with Crippen LogP contribution in [0, 0.1) is 0 Å².